The number of ketones is 2. The minimum atomic E-state index is -0.979. The third-order valence-electron chi connectivity index (χ3n) is 13.9. The number of amides is 1. The fourth-order valence-electron chi connectivity index (χ4n) is 9.65. The highest BCUT2D eigenvalue weighted by Gasteiger charge is 2.41. The van der Waals surface area contributed by atoms with Crippen molar-refractivity contribution in [3.05, 3.63) is 93.0 Å². The smallest absolute Gasteiger partial charge is 0.415 e. The molecule has 4 aliphatic carbocycles. The van der Waals surface area contributed by atoms with Crippen LogP contribution < -0.4 is 32.0 Å². The summed E-state index contributed by atoms with van der Waals surface area (Å²) < 4.78 is 38.3. The molecule has 20 nitrogen and oxygen atoms in total. The average molecular weight is 1010 g/mol. The fourth-order valence-corrected chi connectivity index (χ4v) is 9.65. The van der Waals surface area contributed by atoms with E-state index in [1.54, 1.807) is 75.1 Å². The number of anilines is 6. The molecule has 22 heteroatoms. The minimum Gasteiger partial charge on any atom is -0.443 e. The summed E-state index contributed by atoms with van der Waals surface area (Å²) >= 11 is 0. The molecule has 4 aliphatic rings. The Kier molecular flexibility index (Phi) is 14.5. The summed E-state index contributed by atoms with van der Waals surface area (Å²) in [4.78, 5) is 75.6. The molecular weight excluding hydrogens is 947 g/mol. The number of aliphatic hydroxyl groups is 2. The van der Waals surface area contributed by atoms with Crippen molar-refractivity contribution in [2.75, 3.05) is 34.9 Å². The lowest BCUT2D eigenvalue weighted by atomic mass is 9.92. The van der Waals surface area contributed by atoms with E-state index in [0.717, 1.165) is 32.1 Å². The van der Waals surface area contributed by atoms with Gasteiger partial charge < -0.3 is 40.0 Å². The van der Waals surface area contributed by atoms with Crippen LogP contribution in [0.2, 0.25) is 0 Å². The van der Waals surface area contributed by atoms with Crippen molar-refractivity contribution in [3.63, 3.8) is 0 Å². The topological polar surface area (TPSA) is 245 Å². The summed E-state index contributed by atoms with van der Waals surface area (Å²) in [5.41, 5.74) is 0.222. The zero-order valence-electron chi connectivity index (χ0n) is 41.5. The Hall–Kier alpha value is -7.07. The molecule has 6 heterocycles. The van der Waals surface area contributed by atoms with E-state index in [1.807, 2.05) is 0 Å². The largest absolute Gasteiger partial charge is 0.443 e. The maximum absolute atomic E-state index is 13.5. The number of ether oxygens (including phenoxy) is 1. The number of halogens is 2. The predicted octanol–water partition coefficient (Wildman–Crippen LogP) is 7.50. The Morgan fingerprint density at radius 2 is 1.19 bits per heavy atom. The molecule has 0 aromatic carbocycles. The second-order valence-corrected chi connectivity index (χ2v) is 20.5. The number of nitrogens with zero attached hydrogens (tertiary/aromatic N) is 9. The number of rotatable bonds is 14. The monoisotopic (exact) mass is 1010 g/mol. The number of pyridine rings is 2. The van der Waals surface area contributed by atoms with Crippen molar-refractivity contribution in [2.45, 2.75) is 140 Å². The Labute approximate surface area is 418 Å². The molecule has 1 amide bonds. The molecule has 6 aromatic heterocycles. The van der Waals surface area contributed by atoms with Gasteiger partial charge in [-0.15, -0.1) is 0 Å². The van der Waals surface area contributed by atoms with Crippen LogP contribution in [0.1, 0.15) is 131 Å². The summed E-state index contributed by atoms with van der Waals surface area (Å²) in [6, 6.07) is 9.39. The van der Waals surface area contributed by atoms with Gasteiger partial charge in [0.05, 0.1) is 47.8 Å². The molecule has 8 atom stereocenters. The van der Waals surface area contributed by atoms with E-state index in [1.165, 1.54) is 44.0 Å². The van der Waals surface area contributed by atoms with Gasteiger partial charge in [0.2, 0.25) is 0 Å². The van der Waals surface area contributed by atoms with Gasteiger partial charge in [-0.05, 0) is 83.6 Å². The van der Waals surface area contributed by atoms with Crippen molar-refractivity contribution in [1.29, 1.82) is 0 Å². The predicted molar refractivity (Wildman–Crippen MR) is 269 cm³/mol. The summed E-state index contributed by atoms with van der Waals surface area (Å²) in [6.07, 6.45) is 9.94. The van der Waals surface area contributed by atoms with Gasteiger partial charge >= 0.3 is 6.09 Å². The number of carbonyl (C=O) groups is 3. The molecule has 0 bridgehead atoms. The maximum Gasteiger partial charge on any atom is 0.415 e. The number of hydrogen-bond donors (Lipinski definition) is 5. The molecule has 5 N–H and O–H groups in total. The Bertz CT molecular complexity index is 3160. The Morgan fingerprint density at radius 3 is 1.64 bits per heavy atom. The summed E-state index contributed by atoms with van der Waals surface area (Å²) in [6.45, 7) is 5.24. The molecule has 10 rings (SSSR count). The van der Waals surface area contributed by atoms with Gasteiger partial charge in [0.15, 0.2) is 22.9 Å². The lowest BCUT2D eigenvalue weighted by Gasteiger charge is -2.29. The second-order valence-electron chi connectivity index (χ2n) is 20.5. The van der Waals surface area contributed by atoms with Gasteiger partial charge in [-0.1, -0.05) is 25.7 Å². The van der Waals surface area contributed by atoms with Gasteiger partial charge in [-0.2, -0.15) is 19.2 Å². The summed E-state index contributed by atoms with van der Waals surface area (Å²) in [5.74, 6) is 0.349. The molecule has 388 valence electrons. The molecule has 0 aliphatic heterocycles. The molecule has 0 radical (unpaired) electrons. The van der Waals surface area contributed by atoms with Gasteiger partial charge in [0.25, 0.3) is 11.1 Å². The van der Waals surface area contributed by atoms with Crippen molar-refractivity contribution in [1.82, 2.24) is 38.3 Å². The summed E-state index contributed by atoms with van der Waals surface area (Å²) in [5, 5.41) is 38.6. The van der Waals surface area contributed by atoms with Gasteiger partial charge in [0, 0.05) is 63.3 Å². The fraction of sp³-hybridized carbons (Fsp3) is 0.510. The SMILES string of the molecule is CN(C(=O)OC(C)(C)C)c1cc(Nc2cccn([C@H]3CCCC[C@H]3O)c2=O)nc2c(C(=O)C[C@@H]3C[C@@H]3F)cnn12.CNc1cc(Nc2cccn([C@H]3CCCC[C@H]3O)c2=O)nc2c(C(=O)C[C@@H]3C[C@@H]3F)cnn12. The number of nitrogens with one attached hydrogen (secondary N) is 3. The van der Waals surface area contributed by atoms with Crippen molar-refractivity contribution in [3.8, 4) is 0 Å². The van der Waals surface area contributed by atoms with E-state index in [4.69, 9.17) is 4.74 Å². The first-order valence-electron chi connectivity index (χ1n) is 25.0. The quantitative estimate of drug-likeness (QED) is 0.0664. The van der Waals surface area contributed by atoms with E-state index in [2.05, 4.69) is 36.1 Å². The van der Waals surface area contributed by atoms with Crippen LogP contribution in [0, 0.1) is 11.8 Å². The molecule has 4 saturated carbocycles. The minimum absolute atomic E-state index is 0.0339. The van der Waals surface area contributed by atoms with Crippen molar-refractivity contribution in [2.24, 2.45) is 11.8 Å². The van der Waals surface area contributed by atoms with E-state index < -0.39 is 36.2 Å². The van der Waals surface area contributed by atoms with Crippen LogP contribution in [0.3, 0.4) is 0 Å². The van der Waals surface area contributed by atoms with Gasteiger partial charge in [-0.25, -0.2) is 23.5 Å². The van der Waals surface area contributed by atoms with Crippen LogP contribution in [0.25, 0.3) is 11.3 Å². The Balaban J connectivity index is 0.000000183. The molecule has 0 spiro atoms. The first-order chi connectivity index (χ1) is 34.9. The molecule has 4 fully saturated rings. The zero-order valence-corrected chi connectivity index (χ0v) is 41.5. The van der Waals surface area contributed by atoms with E-state index in [9.17, 15) is 43.0 Å². The van der Waals surface area contributed by atoms with Crippen molar-refractivity contribution >= 4 is 63.6 Å². The number of fused-ring (bicyclic) bond motifs is 2. The maximum atomic E-state index is 13.5. The molecule has 0 saturated heterocycles. The standard InChI is InChI=1S/C28H35FN6O5.C23H27FN6O3/c1-28(2,3)40-27(39)33(4)24-14-23(32-25-17(15-30-35(24)25)22(37)13-16-12-18(16)29)31-19-8-7-11-34(26(19)38)20-9-5-6-10-21(20)36;1-25-21-11-20(28-22-14(12-26-30(21)22)19(32)10-13-9-15(13)24)27-16-5-4-8-29(23(16)33)17-6-2-3-7-18(17)31/h7-8,11,14-16,18,20-21,36H,5-6,9-10,12-13H2,1-4H3,(H,31,32);4-5,8,11-13,15,17-18,25,31H,2-3,6-7,9-10H2,1H3,(H,27,28)/t16-,18-,20-,21+;13-,15-,17-,18+/m00/s1. The molecular formula is C51H62F2N12O8. The van der Waals surface area contributed by atoms with E-state index >= 15 is 0 Å². The second kappa shape index (κ2) is 20.8. The molecule has 0 unspecified atom stereocenters. The van der Waals surface area contributed by atoms with Crippen LogP contribution in [-0.2, 0) is 4.74 Å². The highest BCUT2D eigenvalue weighted by atomic mass is 19.1. The third-order valence-corrected chi connectivity index (χ3v) is 13.9. The van der Waals surface area contributed by atoms with E-state index in [0.29, 0.717) is 60.6 Å². The number of hydrogen-bond acceptors (Lipinski definition) is 15. The number of carbonyl (C=O) groups excluding carboxylic acids is 3. The van der Waals surface area contributed by atoms with Gasteiger partial charge in [0.1, 0.15) is 52.6 Å². The normalized spacial score (nSPS) is 23.5. The van der Waals surface area contributed by atoms with Gasteiger partial charge in [-0.3, -0.25) is 24.1 Å². The lowest BCUT2D eigenvalue weighted by molar-refractivity contribution is 0.0587. The number of Topliss-reactive ketones (excluding diaryl/α,β-unsaturated/α-hetero) is 2. The number of aliphatic hydroxyl groups excluding tert-OH is 2. The van der Waals surface area contributed by atoms with Crippen molar-refractivity contribution < 1.29 is 38.1 Å². The first-order valence-corrected chi connectivity index (χ1v) is 25.0. The first kappa shape index (κ1) is 50.9. The highest BCUT2D eigenvalue weighted by Crippen LogP contribution is 2.39. The van der Waals surface area contributed by atoms with Crippen LogP contribution >= 0.6 is 0 Å². The van der Waals surface area contributed by atoms with Crippen LogP contribution in [0.4, 0.5) is 48.2 Å². The zero-order chi connectivity index (χ0) is 51.9. The highest BCUT2D eigenvalue weighted by molar-refractivity contribution is 6.03. The molecule has 73 heavy (non-hydrogen) atoms. The van der Waals surface area contributed by atoms with Crippen LogP contribution in [-0.4, -0.2) is 110 Å². The van der Waals surface area contributed by atoms with E-state index in [-0.39, 0.29) is 88.0 Å². The lowest BCUT2D eigenvalue weighted by Crippen LogP contribution is -2.35. The Morgan fingerprint density at radius 1 is 0.740 bits per heavy atom. The molecule has 6 aromatic rings. The average Bonchev–Trinajstić information content (AvgIpc) is 4.09. The third kappa shape index (κ3) is 11.1. The summed E-state index contributed by atoms with van der Waals surface area (Å²) in [7, 11) is 3.23. The number of aromatic nitrogens is 8. The number of alkyl halides is 2. The van der Waals surface area contributed by atoms with Crippen LogP contribution in [0.15, 0.2) is 70.8 Å². The van der Waals surface area contributed by atoms with Crippen LogP contribution in [0.5, 0.6) is 0 Å².